The maximum atomic E-state index is 12.7. The van der Waals surface area contributed by atoms with Crippen molar-refractivity contribution < 1.29 is 22.7 Å². The highest BCUT2D eigenvalue weighted by molar-refractivity contribution is 5.94. The number of fused-ring (bicyclic) bond motifs is 1. The molecule has 2 aromatic carbocycles. The molecule has 1 aliphatic carbocycles. The first-order valence-electron chi connectivity index (χ1n) is 13.3. The van der Waals surface area contributed by atoms with E-state index < -0.39 is 11.7 Å². The zero-order chi connectivity index (χ0) is 25.1. The minimum Gasteiger partial charge on any atom is -0.493 e. The summed E-state index contributed by atoms with van der Waals surface area (Å²) < 4.78 is 44.0. The van der Waals surface area contributed by atoms with E-state index in [4.69, 9.17) is 4.74 Å². The summed E-state index contributed by atoms with van der Waals surface area (Å²) in [6.45, 7) is 4.24. The molecule has 0 radical (unpaired) electrons. The molecule has 4 nitrogen and oxygen atoms in total. The number of rotatable bonds is 6. The molecule has 0 atom stereocenters. The van der Waals surface area contributed by atoms with E-state index in [1.54, 1.807) is 0 Å². The van der Waals surface area contributed by atoms with Gasteiger partial charge in [0.25, 0.3) is 5.91 Å². The van der Waals surface area contributed by atoms with Crippen LogP contribution in [0.2, 0.25) is 0 Å². The van der Waals surface area contributed by atoms with Crippen molar-refractivity contribution in [2.75, 3.05) is 26.2 Å². The average molecular weight is 501 g/mol. The normalized spacial score (nSPS) is 23.2. The Hall–Kier alpha value is -2.54. The molecule has 0 bridgehead atoms. The number of piperidine rings is 1. The topological polar surface area (TPSA) is 41.6 Å². The molecule has 0 aromatic heterocycles. The van der Waals surface area contributed by atoms with Gasteiger partial charge in [0.05, 0.1) is 12.2 Å². The quantitative estimate of drug-likeness (QED) is 0.514. The van der Waals surface area contributed by atoms with Crippen molar-refractivity contribution in [1.29, 1.82) is 0 Å². The number of nitrogens with zero attached hydrogens (tertiary/aromatic N) is 1. The number of nitrogens with one attached hydrogen (secondary N) is 1. The molecule has 1 N–H and O–H groups in total. The fraction of sp³-hybridized carbons (Fsp3) is 0.552. The Kier molecular flexibility index (Phi) is 7.56. The highest BCUT2D eigenvalue weighted by Gasteiger charge is 2.31. The summed E-state index contributed by atoms with van der Waals surface area (Å²) in [6, 6.07) is 11.1. The summed E-state index contributed by atoms with van der Waals surface area (Å²) in [7, 11) is 0. The standard InChI is InChI=1S/C29H35F3N2O2/c30-29(31,32)23-8-6-22(7-9-23)28(35)33-24-10-4-20(5-11-24)12-16-34-17-13-21(14-18-34)25-2-1-3-27-26(25)15-19-36-27/h1-3,6-9,20-21,24H,4-5,10-19H2,(H,33,35)/t20-,24-. The van der Waals surface area contributed by atoms with Gasteiger partial charge in [-0.1, -0.05) is 12.1 Å². The van der Waals surface area contributed by atoms with Gasteiger partial charge in [0, 0.05) is 23.6 Å². The Bertz CT molecular complexity index is 1040. The second-order valence-electron chi connectivity index (χ2n) is 10.6. The molecular formula is C29H35F3N2O2. The maximum Gasteiger partial charge on any atom is 0.416 e. The van der Waals surface area contributed by atoms with Crippen LogP contribution in [0.5, 0.6) is 5.75 Å². The monoisotopic (exact) mass is 500 g/mol. The number of amides is 1. The summed E-state index contributed by atoms with van der Waals surface area (Å²) in [5.74, 6) is 2.12. The van der Waals surface area contributed by atoms with Crippen LogP contribution in [0.1, 0.15) is 77.9 Å². The predicted octanol–water partition coefficient (Wildman–Crippen LogP) is 6.20. The van der Waals surface area contributed by atoms with Gasteiger partial charge in [-0.2, -0.15) is 13.2 Å². The van der Waals surface area contributed by atoms with Crippen LogP contribution in [-0.2, 0) is 12.6 Å². The Morgan fingerprint density at radius 1 is 0.972 bits per heavy atom. The van der Waals surface area contributed by atoms with Gasteiger partial charge in [-0.3, -0.25) is 4.79 Å². The van der Waals surface area contributed by atoms with Crippen molar-refractivity contribution in [3.63, 3.8) is 0 Å². The smallest absolute Gasteiger partial charge is 0.416 e. The van der Waals surface area contributed by atoms with Gasteiger partial charge < -0.3 is 15.0 Å². The van der Waals surface area contributed by atoms with Gasteiger partial charge >= 0.3 is 6.18 Å². The fourth-order valence-corrected chi connectivity index (χ4v) is 6.14. The molecule has 0 spiro atoms. The third kappa shape index (κ3) is 5.88. The van der Waals surface area contributed by atoms with E-state index >= 15 is 0 Å². The minimum absolute atomic E-state index is 0.100. The summed E-state index contributed by atoms with van der Waals surface area (Å²) >= 11 is 0. The first kappa shape index (κ1) is 25.1. The lowest BCUT2D eigenvalue weighted by molar-refractivity contribution is -0.137. The Labute approximate surface area is 211 Å². The SMILES string of the molecule is O=C(N[C@H]1CC[C@H](CCN2CCC(c3cccc4c3CCO4)CC2)CC1)c1ccc(C(F)(F)F)cc1. The van der Waals surface area contributed by atoms with Gasteiger partial charge in [-0.15, -0.1) is 0 Å². The van der Waals surface area contributed by atoms with Crippen LogP contribution in [0, 0.1) is 5.92 Å². The van der Waals surface area contributed by atoms with Crippen LogP contribution in [0.15, 0.2) is 42.5 Å². The lowest BCUT2D eigenvalue weighted by Crippen LogP contribution is -2.38. The van der Waals surface area contributed by atoms with Crippen LogP contribution < -0.4 is 10.1 Å². The van der Waals surface area contributed by atoms with Gasteiger partial charge in [0.15, 0.2) is 0 Å². The number of benzene rings is 2. The van der Waals surface area contributed by atoms with E-state index in [0.717, 1.165) is 76.2 Å². The number of hydrogen-bond acceptors (Lipinski definition) is 3. The van der Waals surface area contributed by atoms with Crippen molar-refractivity contribution in [3.8, 4) is 5.75 Å². The highest BCUT2D eigenvalue weighted by atomic mass is 19.4. The van der Waals surface area contributed by atoms with Crippen LogP contribution in [0.3, 0.4) is 0 Å². The molecule has 2 heterocycles. The minimum atomic E-state index is -4.39. The molecule has 2 aliphatic heterocycles. The third-order valence-electron chi connectivity index (χ3n) is 8.32. The van der Waals surface area contributed by atoms with Crippen LogP contribution in [-0.4, -0.2) is 43.1 Å². The van der Waals surface area contributed by atoms with Gasteiger partial charge in [0.1, 0.15) is 5.75 Å². The van der Waals surface area contributed by atoms with Gasteiger partial charge in [-0.25, -0.2) is 0 Å². The summed E-state index contributed by atoms with van der Waals surface area (Å²) in [4.78, 5) is 15.1. The fourth-order valence-electron chi connectivity index (χ4n) is 6.14. The molecule has 194 valence electrons. The van der Waals surface area contributed by atoms with Crippen molar-refractivity contribution in [3.05, 3.63) is 64.7 Å². The summed E-state index contributed by atoms with van der Waals surface area (Å²) in [5, 5.41) is 3.02. The molecule has 36 heavy (non-hydrogen) atoms. The zero-order valence-corrected chi connectivity index (χ0v) is 20.7. The summed E-state index contributed by atoms with van der Waals surface area (Å²) in [5.41, 5.74) is 2.47. The second-order valence-corrected chi connectivity index (χ2v) is 10.6. The third-order valence-corrected chi connectivity index (χ3v) is 8.32. The first-order valence-corrected chi connectivity index (χ1v) is 13.3. The molecule has 3 aliphatic rings. The molecule has 1 amide bonds. The molecule has 2 aromatic rings. The predicted molar refractivity (Wildman–Crippen MR) is 133 cm³/mol. The lowest BCUT2D eigenvalue weighted by Gasteiger charge is -2.35. The van der Waals surface area contributed by atoms with Crippen LogP contribution in [0.25, 0.3) is 0 Å². The van der Waals surface area contributed by atoms with E-state index in [1.165, 1.54) is 42.5 Å². The highest BCUT2D eigenvalue weighted by Crippen LogP contribution is 2.37. The average Bonchev–Trinajstić information content (AvgIpc) is 3.37. The largest absolute Gasteiger partial charge is 0.493 e. The van der Waals surface area contributed by atoms with Crippen molar-refractivity contribution >= 4 is 5.91 Å². The van der Waals surface area contributed by atoms with Crippen LogP contribution >= 0.6 is 0 Å². The number of halogens is 3. The van der Waals surface area contributed by atoms with E-state index in [2.05, 4.69) is 28.4 Å². The Morgan fingerprint density at radius 3 is 2.39 bits per heavy atom. The van der Waals surface area contributed by atoms with Crippen molar-refractivity contribution in [2.24, 2.45) is 5.92 Å². The van der Waals surface area contributed by atoms with E-state index in [0.29, 0.717) is 11.8 Å². The maximum absolute atomic E-state index is 12.7. The van der Waals surface area contributed by atoms with E-state index in [-0.39, 0.29) is 17.5 Å². The molecule has 7 heteroatoms. The lowest BCUT2D eigenvalue weighted by atomic mass is 9.83. The first-order chi connectivity index (χ1) is 17.4. The van der Waals surface area contributed by atoms with Crippen LogP contribution in [0.4, 0.5) is 13.2 Å². The number of carbonyl (C=O) groups excluding carboxylic acids is 1. The zero-order valence-electron chi connectivity index (χ0n) is 20.7. The molecule has 1 saturated carbocycles. The van der Waals surface area contributed by atoms with Gasteiger partial charge in [-0.05, 0) is 112 Å². The molecule has 0 unspecified atom stereocenters. The van der Waals surface area contributed by atoms with Gasteiger partial charge in [0.2, 0.25) is 0 Å². The molecule has 1 saturated heterocycles. The second kappa shape index (κ2) is 10.8. The number of hydrogen-bond donors (Lipinski definition) is 1. The molecular weight excluding hydrogens is 465 g/mol. The van der Waals surface area contributed by atoms with Crippen molar-refractivity contribution in [1.82, 2.24) is 10.2 Å². The van der Waals surface area contributed by atoms with E-state index in [9.17, 15) is 18.0 Å². The molecule has 2 fully saturated rings. The van der Waals surface area contributed by atoms with E-state index in [1.807, 2.05) is 0 Å². The van der Waals surface area contributed by atoms with Crippen molar-refractivity contribution in [2.45, 2.75) is 69.5 Å². The Morgan fingerprint density at radius 2 is 1.69 bits per heavy atom. The number of ether oxygens (including phenoxy) is 1. The molecule has 5 rings (SSSR count). The Balaban J connectivity index is 1.01. The number of alkyl halides is 3. The number of carbonyl (C=O) groups is 1. The number of likely N-dealkylation sites (tertiary alicyclic amines) is 1. The summed E-state index contributed by atoms with van der Waals surface area (Å²) in [6.07, 6.45) is 4.30.